The Morgan fingerprint density at radius 3 is 2.53 bits per heavy atom. The molecule has 0 amide bonds. The number of phenolic OH excluding ortho intramolecular Hbond substituents is 1. The van der Waals surface area contributed by atoms with Crippen molar-refractivity contribution < 1.29 is 5.11 Å². The van der Waals surface area contributed by atoms with Crippen LogP contribution in [0.5, 0.6) is 5.75 Å². The molecule has 1 fully saturated rings. The molecule has 0 aliphatic heterocycles. The zero-order valence-corrected chi connectivity index (χ0v) is 9.08. The maximum absolute atomic E-state index is 9.13. The lowest BCUT2D eigenvalue weighted by atomic mass is 9.93. The third-order valence-electron chi connectivity index (χ3n) is 3.12. The van der Waals surface area contributed by atoms with E-state index in [1.54, 1.807) is 12.1 Å². The minimum atomic E-state index is 0.353. The molecule has 0 saturated heterocycles. The van der Waals surface area contributed by atoms with Gasteiger partial charge in [0.2, 0.25) is 0 Å². The fraction of sp³-hybridized carbons (Fsp3) is 0.538. The third-order valence-corrected chi connectivity index (χ3v) is 3.12. The van der Waals surface area contributed by atoms with Crippen molar-refractivity contribution in [2.24, 2.45) is 0 Å². The minimum Gasteiger partial charge on any atom is -0.508 e. The summed E-state index contributed by atoms with van der Waals surface area (Å²) in [5, 5.41) is 12.7. The van der Waals surface area contributed by atoms with E-state index in [1.807, 2.05) is 12.1 Å². The zero-order valence-electron chi connectivity index (χ0n) is 9.08. The van der Waals surface area contributed by atoms with Crippen LogP contribution in [0.2, 0.25) is 0 Å². The Kier molecular flexibility index (Phi) is 3.62. The Morgan fingerprint density at radius 1 is 1.20 bits per heavy atom. The molecule has 0 heterocycles. The highest BCUT2D eigenvalue weighted by Gasteiger charge is 2.15. The molecule has 2 heteroatoms. The normalized spacial score (nSPS) is 16.3. The maximum Gasteiger partial charge on any atom is 0.115 e. The number of nitrogens with one attached hydrogen (secondary N) is 1. The van der Waals surface area contributed by atoms with Crippen LogP contribution in [-0.4, -0.2) is 17.7 Å². The van der Waals surface area contributed by atoms with Gasteiger partial charge in [-0.15, -0.1) is 0 Å². The van der Waals surface area contributed by atoms with Gasteiger partial charge in [-0.2, -0.15) is 0 Å². The Balaban J connectivity index is 1.62. The minimum absolute atomic E-state index is 0.353. The van der Waals surface area contributed by atoms with E-state index in [-0.39, 0.29) is 0 Å². The average molecular weight is 205 g/mol. The number of phenols is 1. The lowest BCUT2D eigenvalue weighted by Crippen LogP contribution is -2.35. The molecular formula is C13H19NO. The van der Waals surface area contributed by atoms with Gasteiger partial charge in [0.05, 0.1) is 0 Å². The zero-order chi connectivity index (χ0) is 10.5. The fourth-order valence-electron chi connectivity index (χ4n) is 1.87. The van der Waals surface area contributed by atoms with Crippen LogP contribution >= 0.6 is 0 Å². The Labute approximate surface area is 91.3 Å². The number of benzene rings is 1. The molecule has 0 spiro atoms. The first-order chi connectivity index (χ1) is 7.34. The molecule has 2 nitrogen and oxygen atoms in total. The van der Waals surface area contributed by atoms with E-state index in [4.69, 9.17) is 5.11 Å². The lowest BCUT2D eigenvalue weighted by Gasteiger charge is -2.26. The van der Waals surface area contributed by atoms with E-state index in [9.17, 15) is 0 Å². The molecule has 0 atom stereocenters. The standard InChI is InChI=1S/C13H19NO/c15-13-8-6-11(7-9-13)3-2-10-14-12-4-1-5-12/h6-9,12,14-15H,1-5,10H2. The summed E-state index contributed by atoms with van der Waals surface area (Å²) in [6.45, 7) is 1.12. The Bertz CT molecular complexity index is 290. The predicted molar refractivity (Wildman–Crippen MR) is 62.1 cm³/mol. The maximum atomic E-state index is 9.13. The van der Waals surface area contributed by atoms with Crippen LogP contribution in [0.25, 0.3) is 0 Å². The quantitative estimate of drug-likeness (QED) is 0.724. The Hall–Kier alpha value is -1.02. The molecule has 0 unspecified atom stereocenters. The smallest absolute Gasteiger partial charge is 0.115 e. The molecule has 0 aromatic heterocycles. The van der Waals surface area contributed by atoms with E-state index in [2.05, 4.69) is 5.32 Å². The van der Waals surface area contributed by atoms with Crippen molar-refractivity contribution in [2.45, 2.75) is 38.1 Å². The van der Waals surface area contributed by atoms with E-state index in [1.165, 1.54) is 31.2 Å². The summed E-state index contributed by atoms with van der Waals surface area (Å²) in [6.07, 6.45) is 6.40. The molecule has 2 rings (SSSR count). The Morgan fingerprint density at radius 2 is 1.93 bits per heavy atom. The molecule has 1 aliphatic rings. The van der Waals surface area contributed by atoms with Gasteiger partial charge in [0, 0.05) is 6.04 Å². The molecule has 1 saturated carbocycles. The van der Waals surface area contributed by atoms with Gasteiger partial charge in [-0.25, -0.2) is 0 Å². The van der Waals surface area contributed by atoms with E-state index < -0.39 is 0 Å². The molecule has 15 heavy (non-hydrogen) atoms. The number of rotatable bonds is 5. The molecule has 82 valence electrons. The summed E-state index contributed by atoms with van der Waals surface area (Å²) in [4.78, 5) is 0. The summed E-state index contributed by atoms with van der Waals surface area (Å²) in [5.74, 6) is 0.353. The summed E-state index contributed by atoms with van der Waals surface area (Å²) >= 11 is 0. The molecule has 0 radical (unpaired) electrons. The largest absolute Gasteiger partial charge is 0.508 e. The second kappa shape index (κ2) is 5.17. The van der Waals surface area contributed by atoms with E-state index >= 15 is 0 Å². The van der Waals surface area contributed by atoms with Crippen molar-refractivity contribution in [3.8, 4) is 5.75 Å². The number of hydrogen-bond acceptors (Lipinski definition) is 2. The fourth-order valence-corrected chi connectivity index (χ4v) is 1.87. The first-order valence-electron chi connectivity index (χ1n) is 5.86. The summed E-state index contributed by atoms with van der Waals surface area (Å²) < 4.78 is 0. The van der Waals surface area contributed by atoms with Crippen LogP contribution in [0.4, 0.5) is 0 Å². The van der Waals surface area contributed by atoms with Gasteiger partial charge in [-0.05, 0) is 49.9 Å². The third kappa shape index (κ3) is 3.24. The number of aryl methyl sites for hydroxylation is 1. The van der Waals surface area contributed by atoms with Crippen LogP contribution in [0.15, 0.2) is 24.3 Å². The topological polar surface area (TPSA) is 32.3 Å². The molecule has 1 aliphatic carbocycles. The van der Waals surface area contributed by atoms with E-state index in [0.717, 1.165) is 19.0 Å². The number of aromatic hydroxyl groups is 1. The van der Waals surface area contributed by atoms with E-state index in [0.29, 0.717) is 5.75 Å². The molecular weight excluding hydrogens is 186 g/mol. The summed E-state index contributed by atoms with van der Waals surface area (Å²) in [6, 6.07) is 8.31. The summed E-state index contributed by atoms with van der Waals surface area (Å²) in [7, 11) is 0. The SMILES string of the molecule is Oc1ccc(CCCNC2CCC2)cc1. The predicted octanol–water partition coefficient (Wildman–Crippen LogP) is 2.47. The van der Waals surface area contributed by atoms with Crippen LogP contribution in [0, 0.1) is 0 Å². The number of hydrogen-bond donors (Lipinski definition) is 2. The molecule has 1 aromatic rings. The van der Waals surface area contributed by atoms with Crippen LogP contribution in [-0.2, 0) is 6.42 Å². The first kappa shape index (κ1) is 10.5. The molecule has 1 aromatic carbocycles. The monoisotopic (exact) mass is 205 g/mol. The van der Waals surface area contributed by atoms with Gasteiger partial charge < -0.3 is 10.4 Å². The van der Waals surface area contributed by atoms with Crippen LogP contribution in [0.1, 0.15) is 31.2 Å². The second-order valence-corrected chi connectivity index (χ2v) is 4.35. The van der Waals surface area contributed by atoms with Gasteiger partial charge >= 0.3 is 0 Å². The van der Waals surface area contributed by atoms with Gasteiger partial charge in [-0.1, -0.05) is 18.6 Å². The second-order valence-electron chi connectivity index (χ2n) is 4.35. The highest BCUT2D eigenvalue weighted by molar-refractivity contribution is 5.25. The van der Waals surface area contributed by atoms with Crippen LogP contribution < -0.4 is 5.32 Å². The lowest BCUT2D eigenvalue weighted by molar-refractivity contribution is 0.339. The van der Waals surface area contributed by atoms with Gasteiger partial charge in [0.15, 0.2) is 0 Å². The van der Waals surface area contributed by atoms with Crippen molar-refractivity contribution in [3.05, 3.63) is 29.8 Å². The summed E-state index contributed by atoms with van der Waals surface area (Å²) in [5.41, 5.74) is 1.31. The van der Waals surface area contributed by atoms with Crippen molar-refractivity contribution in [2.75, 3.05) is 6.54 Å². The highest BCUT2D eigenvalue weighted by Crippen LogP contribution is 2.18. The van der Waals surface area contributed by atoms with Crippen molar-refractivity contribution in [1.82, 2.24) is 5.32 Å². The first-order valence-corrected chi connectivity index (χ1v) is 5.86. The van der Waals surface area contributed by atoms with Crippen molar-refractivity contribution >= 4 is 0 Å². The van der Waals surface area contributed by atoms with Gasteiger partial charge in [0.25, 0.3) is 0 Å². The highest BCUT2D eigenvalue weighted by atomic mass is 16.3. The van der Waals surface area contributed by atoms with Gasteiger partial charge in [0.1, 0.15) is 5.75 Å². The van der Waals surface area contributed by atoms with Gasteiger partial charge in [-0.3, -0.25) is 0 Å². The van der Waals surface area contributed by atoms with Crippen LogP contribution in [0.3, 0.4) is 0 Å². The molecule has 0 bridgehead atoms. The average Bonchev–Trinajstić information content (AvgIpc) is 2.18. The van der Waals surface area contributed by atoms with Crippen molar-refractivity contribution in [1.29, 1.82) is 0 Å². The van der Waals surface area contributed by atoms with Crippen molar-refractivity contribution in [3.63, 3.8) is 0 Å². The molecule has 2 N–H and O–H groups in total.